The molecule has 2 radical (unpaired) electrons. The molecule has 2 aromatic carbocycles. The number of hydrogen-bond acceptors (Lipinski definition) is 2. The molecule has 3 heteroatoms. The molecule has 2 nitrogen and oxygen atoms in total. The van der Waals surface area contributed by atoms with Crippen LogP contribution in [0.5, 0.6) is 0 Å². The van der Waals surface area contributed by atoms with Gasteiger partial charge in [0.05, 0.1) is 9.52 Å². The summed E-state index contributed by atoms with van der Waals surface area (Å²) in [6.45, 7) is 6.18. The molecule has 0 amide bonds. The van der Waals surface area contributed by atoms with Crippen molar-refractivity contribution in [3.63, 3.8) is 0 Å². The van der Waals surface area contributed by atoms with Crippen molar-refractivity contribution in [2.45, 2.75) is 18.0 Å². The molecule has 0 bridgehead atoms. The molecule has 24 heavy (non-hydrogen) atoms. The van der Waals surface area contributed by atoms with Crippen molar-refractivity contribution in [2.75, 3.05) is 39.8 Å². The Kier molecular flexibility index (Phi) is 6.64. The third kappa shape index (κ3) is 5.03. The van der Waals surface area contributed by atoms with Crippen LogP contribution in [0, 0.1) is 0 Å². The number of piperazine rings is 1. The first-order valence-corrected chi connectivity index (χ1v) is 10.4. The number of rotatable bonds is 7. The fraction of sp³-hybridized carbons (Fsp3) is 0.429. The van der Waals surface area contributed by atoms with Crippen LogP contribution in [0.15, 0.2) is 60.7 Å². The molecule has 0 saturated carbocycles. The third-order valence-corrected chi connectivity index (χ3v) is 6.58. The molecule has 0 aromatic heterocycles. The summed E-state index contributed by atoms with van der Waals surface area (Å²) in [5.74, 6) is 0. The van der Waals surface area contributed by atoms with Crippen LogP contribution >= 0.6 is 0 Å². The first kappa shape index (κ1) is 17.4. The summed E-state index contributed by atoms with van der Waals surface area (Å²) in [6.07, 6.45) is 1.32. The van der Waals surface area contributed by atoms with E-state index >= 15 is 0 Å². The van der Waals surface area contributed by atoms with Crippen molar-refractivity contribution >= 4 is 9.52 Å². The standard InChI is InChI=1S/C21H28N2Si/c1-22-14-16-23(17-15-22)13-8-18-24-21(19-9-4-2-5-10-19)20-11-6-3-7-12-20/h2-7,9-12,21H,8,13-18H2,1H3. The van der Waals surface area contributed by atoms with E-state index in [1.807, 2.05) is 0 Å². The van der Waals surface area contributed by atoms with Gasteiger partial charge in [0.1, 0.15) is 0 Å². The number of nitrogens with zero attached hydrogens (tertiary/aromatic N) is 2. The SMILES string of the molecule is CN1CCN(CCC[Si]C(c2ccccc2)c2ccccc2)CC1. The first-order valence-electron chi connectivity index (χ1n) is 9.07. The van der Waals surface area contributed by atoms with Crippen molar-refractivity contribution in [1.82, 2.24) is 9.80 Å². The highest BCUT2D eigenvalue weighted by atomic mass is 28.2. The highest BCUT2D eigenvalue weighted by Gasteiger charge is 2.16. The predicted molar refractivity (Wildman–Crippen MR) is 104 cm³/mol. The van der Waals surface area contributed by atoms with E-state index in [4.69, 9.17) is 0 Å². The van der Waals surface area contributed by atoms with Gasteiger partial charge in [0.2, 0.25) is 0 Å². The lowest BCUT2D eigenvalue weighted by Gasteiger charge is -2.32. The Morgan fingerprint density at radius 2 is 1.38 bits per heavy atom. The summed E-state index contributed by atoms with van der Waals surface area (Å²) < 4.78 is 0. The first-order chi connectivity index (χ1) is 11.8. The van der Waals surface area contributed by atoms with E-state index in [0.29, 0.717) is 5.54 Å². The smallest absolute Gasteiger partial charge is 0.0535 e. The number of benzene rings is 2. The topological polar surface area (TPSA) is 6.48 Å². The van der Waals surface area contributed by atoms with E-state index in [0.717, 1.165) is 9.52 Å². The summed E-state index contributed by atoms with van der Waals surface area (Å²) in [7, 11) is 3.18. The quantitative estimate of drug-likeness (QED) is 0.564. The zero-order chi connectivity index (χ0) is 16.6. The zero-order valence-corrected chi connectivity index (χ0v) is 15.7. The van der Waals surface area contributed by atoms with Crippen molar-refractivity contribution in [3.8, 4) is 0 Å². The van der Waals surface area contributed by atoms with Crippen molar-refractivity contribution in [1.29, 1.82) is 0 Å². The van der Waals surface area contributed by atoms with E-state index in [1.165, 1.54) is 56.3 Å². The second kappa shape index (κ2) is 9.16. The second-order valence-electron chi connectivity index (χ2n) is 6.71. The second-order valence-corrected chi connectivity index (χ2v) is 8.19. The molecule has 2 aromatic rings. The van der Waals surface area contributed by atoms with E-state index in [2.05, 4.69) is 77.5 Å². The van der Waals surface area contributed by atoms with Gasteiger partial charge in [-0.15, -0.1) is 0 Å². The Morgan fingerprint density at radius 3 is 1.92 bits per heavy atom. The van der Waals surface area contributed by atoms with Crippen LogP contribution in [0.25, 0.3) is 0 Å². The maximum absolute atomic E-state index is 2.63. The molecule has 126 valence electrons. The lowest BCUT2D eigenvalue weighted by atomic mass is 10.0. The van der Waals surface area contributed by atoms with Crippen LogP contribution in [0.1, 0.15) is 23.1 Å². The summed E-state index contributed by atoms with van der Waals surface area (Å²) in [5.41, 5.74) is 3.48. The van der Waals surface area contributed by atoms with Crippen molar-refractivity contribution in [3.05, 3.63) is 71.8 Å². The number of hydrogen-bond donors (Lipinski definition) is 0. The molecule has 3 rings (SSSR count). The molecule has 0 unspecified atom stereocenters. The largest absolute Gasteiger partial charge is 0.304 e. The Morgan fingerprint density at radius 1 is 0.833 bits per heavy atom. The van der Waals surface area contributed by atoms with Gasteiger partial charge in [-0.2, -0.15) is 0 Å². The maximum Gasteiger partial charge on any atom is 0.0535 e. The molecule has 0 atom stereocenters. The normalized spacial score (nSPS) is 16.6. The van der Waals surface area contributed by atoms with Gasteiger partial charge in [-0.3, -0.25) is 0 Å². The van der Waals surface area contributed by atoms with E-state index < -0.39 is 0 Å². The summed E-state index contributed by atoms with van der Waals surface area (Å²) >= 11 is 0. The van der Waals surface area contributed by atoms with Gasteiger partial charge < -0.3 is 9.80 Å². The monoisotopic (exact) mass is 336 g/mol. The fourth-order valence-electron chi connectivity index (χ4n) is 3.34. The van der Waals surface area contributed by atoms with Crippen LogP contribution < -0.4 is 0 Å². The molecule has 1 saturated heterocycles. The highest BCUT2D eigenvalue weighted by Crippen LogP contribution is 2.24. The van der Waals surface area contributed by atoms with Gasteiger partial charge in [0.15, 0.2) is 0 Å². The van der Waals surface area contributed by atoms with Gasteiger partial charge in [-0.1, -0.05) is 66.7 Å². The lowest BCUT2D eigenvalue weighted by molar-refractivity contribution is 0.154. The van der Waals surface area contributed by atoms with E-state index in [1.54, 1.807) is 0 Å². The minimum atomic E-state index is 0.555. The Balaban J connectivity index is 1.53. The molecule has 1 fully saturated rings. The predicted octanol–water partition coefficient (Wildman–Crippen LogP) is 3.54. The molecule has 0 spiro atoms. The van der Waals surface area contributed by atoms with Crippen LogP contribution in [0.2, 0.25) is 6.04 Å². The van der Waals surface area contributed by atoms with Crippen LogP contribution in [0.4, 0.5) is 0 Å². The molecular weight excluding hydrogens is 308 g/mol. The Hall–Kier alpha value is -1.42. The maximum atomic E-state index is 2.63. The van der Waals surface area contributed by atoms with E-state index in [-0.39, 0.29) is 0 Å². The minimum Gasteiger partial charge on any atom is -0.304 e. The van der Waals surface area contributed by atoms with Crippen LogP contribution in [0.3, 0.4) is 0 Å². The van der Waals surface area contributed by atoms with E-state index in [9.17, 15) is 0 Å². The summed E-state index contributed by atoms with van der Waals surface area (Å²) in [6, 6.07) is 23.3. The zero-order valence-electron chi connectivity index (χ0n) is 14.7. The molecule has 1 aliphatic rings. The summed E-state index contributed by atoms with van der Waals surface area (Å²) in [4.78, 5) is 5.06. The lowest BCUT2D eigenvalue weighted by Crippen LogP contribution is -2.44. The van der Waals surface area contributed by atoms with Gasteiger partial charge in [-0.25, -0.2) is 0 Å². The van der Waals surface area contributed by atoms with Crippen molar-refractivity contribution < 1.29 is 0 Å². The number of likely N-dealkylation sites (N-methyl/N-ethyl adjacent to an activating group) is 1. The average molecular weight is 337 g/mol. The van der Waals surface area contributed by atoms with Gasteiger partial charge >= 0.3 is 0 Å². The average Bonchev–Trinajstić information content (AvgIpc) is 2.65. The van der Waals surface area contributed by atoms with Crippen molar-refractivity contribution in [2.24, 2.45) is 0 Å². The molecule has 1 heterocycles. The minimum absolute atomic E-state index is 0.555. The Labute approximate surface area is 149 Å². The van der Waals surface area contributed by atoms with Gasteiger partial charge in [-0.05, 0) is 36.7 Å². The summed E-state index contributed by atoms with van der Waals surface area (Å²) in [5, 5.41) is 0. The molecular formula is C21H28N2Si. The van der Waals surface area contributed by atoms with Crippen LogP contribution in [-0.2, 0) is 0 Å². The molecule has 1 aliphatic heterocycles. The molecule has 0 N–H and O–H groups in total. The fourth-order valence-corrected chi connectivity index (χ4v) is 4.85. The van der Waals surface area contributed by atoms with Gasteiger partial charge in [0.25, 0.3) is 0 Å². The van der Waals surface area contributed by atoms with Crippen LogP contribution in [-0.4, -0.2) is 59.1 Å². The third-order valence-electron chi connectivity index (χ3n) is 4.86. The molecule has 0 aliphatic carbocycles. The Bertz CT molecular complexity index is 540. The van der Waals surface area contributed by atoms with Gasteiger partial charge in [0, 0.05) is 26.2 Å². The highest BCUT2D eigenvalue weighted by molar-refractivity contribution is 6.39.